The number of rotatable bonds is 5. The van der Waals surface area contributed by atoms with Gasteiger partial charge in [-0.25, -0.2) is 0 Å². The first kappa shape index (κ1) is 44.6. The molecule has 0 aromatic heterocycles. The number of hydrogen-bond acceptors (Lipinski definition) is 2. The standard InChI is InChI=1S/C67H67BN2/c1-42-33-60-62-61(34-42)70(57-32-27-48(63(2,3)4)37-50(57)47-25-30-51-52(35-47)65(7,8)40-64(51,5)6)59-39-54-53(66(9,10)41-67(54,11)12)38-56(59)68(62)55-36-46(44-21-17-14-18-22-44)26-31-58(55)69(60)49-28-23-45(24-29-49)43-19-15-13-16-20-43/h13-39H,40-41H2,1-12H3. The van der Waals surface area contributed by atoms with Crippen LogP contribution in [0.1, 0.15) is 122 Å². The highest BCUT2D eigenvalue weighted by Gasteiger charge is 2.49. The van der Waals surface area contributed by atoms with Crippen molar-refractivity contribution in [1.29, 1.82) is 0 Å². The largest absolute Gasteiger partial charge is 0.311 e. The van der Waals surface area contributed by atoms with Crippen LogP contribution in [0.3, 0.4) is 0 Å². The summed E-state index contributed by atoms with van der Waals surface area (Å²) in [6.07, 6.45) is 2.24. The molecule has 8 aromatic carbocycles. The van der Waals surface area contributed by atoms with Crippen LogP contribution in [-0.2, 0) is 27.1 Å². The first-order valence-electron chi connectivity index (χ1n) is 25.8. The Bertz CT molecular complexity index is 3420. The zero-order valence-corrected chi connectivity index (χ0v) is 43.5. The maximum atomic E-state index is 2.70. The summed E-state index contributed by atoms with van der Waals surface area (Å²) in [5, 5.41) is 0. The van der Waals surface area contributed by atoms with Crippen LogP contribution >= 0.6 is 0 Å². The van der Waals surface area contributed by atoms with Crippen LogP contribution in [-0.4, -0.2) is 6.71 Å². The Kier molecular flexibility index (Phi) is 9.70. The molecule has 2 aliphatic heterocycles. The third-order valence-corrected chi connectivity index (χ3v) is 16.8. The lowest BCUT2D eigenvalue weighted by atomic mass is 9.33. The second-order valence-corrected chi connectivity index (χ2v) is 25.0. The van der Waals surface area contributed by atoms with Crippen molar-refractivity contribution < 1.29 is 0 Å². The van der Waals surface area contributed by atoms with E-state index in [9.17, 15) is 0 Å². The zero-order chi connectivity index (χ0) is 48.9. The molecule has 2 nitrogen and oxygen atoms in total. The Hall–Kier alpha value is -6.58. The van der Waals surface area contributed by atoms with Crippen LogP contribution in [0, 0.1) is 6.92 Å². The summed E-state index contributed by atoms with van der Waals surface area (Å²) in [6, 6.07) is 63.4. The fourth-order valence-electron chi connectivity index (χ4n) is 14.0. The first-order valence-corrected chi connectivity index (χ1v) is 25.8. The third-order valence-electron chi connectivity index (χ3n) is 16.8. The molecule has 8 aromatic rings. The van der Waals surface area contributed by atoms with E-state index < -0.39 is 0 Å². The van der Waals surface area contributed by atoms with E-state index in [4.69, 9.17) is 0 Å². The Labute approximate surface area is 418 Å². The molecule has 12 rings (SSSR count). The third kappa shape index (κ3) is 6.89. The number of aryl methyl sites for hydroxylation is 1. The van der Waals surface area contributed by atoms with Crippen LogP contribution in [0.15, 0.2) is 164 Å². The second-order valence-electron chi connectivity index (χ2n) is 25.0. The lowest BCUT2D eigenvalue weighted by Gasteiger charge is -2.45. The fraction of sp³-hybridized carbons (Fsp3) is 0.284. The monoisotopic (exact) mass is 911 g/mol. The minimum atomic E-state index is -0.0359. The van der Waals surface area contributed by atoms with Gasteiger partial charge in [0, 0.05) is 34.0 Å². The molecule has 348 valence electrons. The molecule has 2 heterocycles. The van der Waals surface area contributed by atoms with Gasteiger partial charge in [0.05, 0.1) is 5.69 Å². The number of fused-ring (bicyclic) bond motifs is 6. The Morgan fingerprint density at radius 2 is 0.900 bits per heavy atom. The quantitative estimate of drug-likeness (QED) is 0.159. The van der Waals surface area contributed by atoms with Crippen molar-refractivity contribution >= 4 is 57.2 Å². The molecule has 2 aliphatic carbocycles. The highest BCUT2D eigenvalue weighted by Crippen LogP contribution is 2.55. The molecule has 0 bridgehead atoms. The van der Waals surface area contributed by atoms with Crippen molar-refractivity contribution in [2.45, 2.75) is 123 Å². The van der Waals surface area contributed by atoms with E-state index in [1.165, 1.54) is 112 Å². The molecule has 4 aliphatic rings. The van der Waals surface area contributed by atoms with Crippen LogP contribution in [0.5, 0.6) is 0 Å². The molecule has 0 saturated heterocycles. The van der Waals surface area contributed by atoms with Crippen LogP contribution in [0.2, 0.25) is 0 Å². The Morgan fingerprint density at radius 3 is 1.53 bits per heavy atom. The summed E-state index contributed by atoms with van der Waals surface area (Å²) < 4.78 is 0. The predicted octanol–water partition coefficient (Wildman–Crippen LogP) is 16.3. The highest BCUT2D eigenvalue weighted by atomic mass is 15.2. The second kappa shape index (κ2) is 15.2. The summed E-state index contributed by atoms with van der Waals surface area (Å²) in [5.41, 5.74) is 27.7. The van der Waals surface area contributed by atoms with Crippen molar-refractivity contribution in [3.05, 3.63) is 197 Å². The molecular formula is C67H67BN2. The Balaban J connectivity index is 1.17. The predicted molar refractivity (Wildman–Crippen MR) is 302 cm³/mol. The molecule has 3 heteroatoms. The number of anilines is 6. The molecule has 0 N–H and O–H groups in total. The summed E-state index contributed by atoms with van der Waals surface area (Å²) in [6.45, 7) is 29.0. The first-order chi connectivity index (χ1) is 33.2. The number of hydrogen-bond donors (Lipinski definition) is 0. The molecular weight excluding hydrogens is 844 g/mol. The Morgan fingerprint density at radius 1 is 0.400 bits per heavy atom. The van der Waals surface area contributed by atoms with E-state index in [2.05, 4.69) is 257 Å². The molecule has 70 heavy (non-hydrogen) atoms. The van der Waals surface area contributed by atoms with Gasteiger partial charge in [-0.05, 0) is 173 Å². The number of benzene rings is 8. The minimum absolute atomic E-state index is 0.000454. The SMILES string of the molecule is Cc1cc2c3c(c1)N(c1ccc(C(C)(C)C)cc1-c1ccc4c(c1)C(C)(C)CC4(C)C)c1cc4c(cc1B3c1cc(-c3ccccc3)ccc1N2c1ccc(-c2ccccc2)cc1)C(C)(C)CC4(C)C. The van der Waals surface area contributed by atoms with Gasteiger partial charge in [0.25, 0.3) is 6.71 Å². The van der Waals surface area contributed by atoms with E-state index in [1.54, 1.807) is 0 Å². The lowest BCUT2D eigenvalue weighted by molar-refractivity contribution is 0.403. The summed E-state index contributed by atoms with van der Waals surface area (Å²) in [5.74, 6) is 0. The van der Waals surface area contributed by atoms with E-state index in [-0.39, 0.29) is 33.8 Å². The van der Waals surface area contributed by atoms with Gasteiger partial charge in [0.2, 0.25) is 0 Å². The average molecular weight is 911 g/mol. The van der Waals surface area contributed by atoms with E-state index in [1.807, 2.05) is 0 Å². The van der Waals surface area contributed by atoms with E-state index in [0.29, 0.717) is 0 Å². The molecule has 0 amide bonds. The maximum absolute atomic E-state index is 2.70. The average Bonchev–Trinajstić information content (AvgIpc) is 3.64. The van der Waals surface area contributed by atoms with E-state index >= 15 is 0 Å². The smallest absolute Gasteiger partial charge is 0.252 e. The van der Waals surface area contributed by atoms with Gasteiger partial charge in [-0.3, -0.25) is 0 Å². The molecule has 0 radical (unpaired) electrons. The van der Waals surface area contributed by atoms with Gasteiger partial charge in [0.15, 0.2) is 0 Å². The molecule has 0 fully saturated rings. The van der Waals surface area contributed by atoms with Crippen molar-refractivity contribution in [3.63, 3.8) is 0 Å². The minimum Gasteiger partial charge on any atom is -0.311 e. The zero-order valence-electron chi connectivity index (χ0n) is 43.5. The summed E-state index contributed by atoms with van der Waals surface area (Å²) >= 11 is 0. The van der Waals surface area contributed by atoms with Crippen LogP contribution in [0.25, 0.3) is 33.4 Å². The van der Waals surface area contributed by atoms with Crippen LogP contribution < -0.4 is 26.2 Å². The van der Waals surface area contributed by atoms with Gasteiger partial charge in [-0.1, -0.05) is 191 Å². The fourth-order valence-corrected chi connectivity index (χ4v) is 14.0. The molecule has 0 unspecified atom stereocenters. The maximum Gasteiger partial charge on any atom is 0.252 e. The van der Waals surface area contributed by atoms with E-state index in [0.717, 1.165) is 18.5 Å². The lowest BCUT2D eigenvalue weighted by Crippen LogP contribution is -2.61. The van der Waals surface area contributed by atoms with Gasteiger partial charge in [-0.2, -0.15) is 0 Å². The van der Waals surface area contributed by atoms with Gasteiger partial charge >= 0.3 is 0 Å². The number of nitrogens with zero attached hydrogens (tertiary/aromatic N) is 2. The van der Waals surface area contributed by atoms with Crippen molar-refractivity contribution in [2.24, 2.45) is 0 Å². The highest BCUT2D eigenvalue weighted by molar-refractivity contribution is 7.00. The van der Waals surface area contributed by atoms with Gasteiger partial charge in [0.1, 0.15) is 0 Å². The summed E-state index contributed by atoms with van der Waals surface area (Å²) in [4.78, 5) is 5.27. The normalized spacial score (nSPS) is 17.4. The van der Waals surface area contributed by atoms with Gasteiger partial charge < -0.3 is 9.80 Å². The summed E-state index contributed by atoms with van der Waals surface area (Å²) in [7, 11) is 0. The van der Waals surface area contributed by atoms with Crippen molar-refractivity contribution in [2.75, 3.05) is 9.80 Å². The molecule has 0 saturated carbocycles. The molecule has 0 atom stereocenters. The van der Waals surface area contributed by atoms with Crippen molar-refractivity contribution in [3.8, 4) is 33.4 Å². The van der Waals surface area contributed by atoms with Crippen LogP contribution in [0.4, 0.5) is 34.1 Å². The topological polar surface area (TPSA) is 6.48 Å². The molecule has 0 spiro atoms. The van der Waals surface area contributed by atoms with Gasteiger partial charge in [-0.15, -0.1) is 0 Å². The van der Waals surface area contributed by atoms with Crippen molar-refractivity contribution in [1.82, 2.24) is 0 Å².